The lowest BCUT2D eigenvalue weighted by Gasteiger charge is -2.37. The lowest BCUT2D eigenvalue weighted by molar-refractivity contribution is 0.0666. The summed E-state index contributed by atoms with van der Waals surface area (Å²) in [5.41, 5.74) is 1.20. The van der Waals surface area contributed by atoms with E-state index in [2.05, 4.69) is 4.98 Å². The minimum absolute atomic E-state index is 0.274. The molecule has 1 fully saturated rings. The zero-order valence-corrected chi connectivity index (χ0v) is 21.2. The van der Waals surface area contributed by atoms with Gasteiger partial charge in [-0.1, -0.05) is 54.1 Å². The summed E-state index contributed by atoms with van der Waals surface area (Å²) in [6, 6.07) is 19.5. The quantitative estimate of drug-likeness (QED) is 0.231. The van der Waals surface area contributed by atoms with Gasteiger partial charge in [0.05, 0.1) is 6.04 Å². The number of carbonyl (C=O) groups excluding carboxylic acids is 3. The van der Waals surface area contributed by atoms with E-state index in [1.807, 2.05) is 4.90 Å². The summed E-state index contributed by atoms with van der Waals surface area (Å²) in [5.74, 6) is -2.21. The van der Waals surface area contributed by atoms with Crippen LogP contribution in [0.4, 0.5) is 10.1 Å². The Kier molecular flexibility index (Phi) is 5.19. The van der Waals surface area contributed by atoms with Gasteiger partial charge >= 0.3 is 0 Å². The van der Waals surface area contributed by atoms with Crippen molar-refractivity contribution < 1.29 is 18.8 Å². The third-order valence-electron chi connectivity index (χ3n) is 8.21. The molecule has 0 unspecified atom stereocenters. The number of carbonyl (C=O) groups is 3. The summed E-state index contributed by atoms with van der Waals surface area (Å²) < 4.78 is 14.3. The first kappa shape index (κ1) is 23.7. The van der Waals surface area contributed by atoms with Gasteiger partial charge < -0.3 is 4.90 Å². The molecule has 1 spiro atoms. The number of pyridine rings is 1. The molecular formula is C32H20ClFN2O3. The van der Waals surface area contributed by atoms with Gasteiger partial charge in [-0.3, -0.25) is 19.4 Å². The molecule has 3 aromatic carbocycles. The Morgan fingerprint density at radius 2 is 1.64 bits per heavy atom. The van der Waals surface area contributed by atoms with Crippen molar-refractivity contribution >= 4 is 40.7 Å². The molecule has 7 heteroatoms. The Balaban J connectivity index is 1.54. The number of benzene rings is 3. The maximum atomic E-state index is 14.5. The van der Waals surface area contributed by atoms with E-state index in [-0.39, 0.29) is 17.3 Å². The second-order valence-corrected chi connectivity index (χ2v) is 10.5. The summed E-state index contributed by atoms with van der Waals surface area (Å²) >= 11 is 6.12. The fourth-order valence-corrected chi connectivity index (χ4v) is 6.79. The normalized spacial score (nSPS) is 22.1. The molecule has 0 saturated carbocycles. The summed E-state index contributed by atoms with van der Waals surface area (Å²) in [4.78, 5) is 49.6. The van der Waals surface area contributed by atoms with Crippen molar-refractivity contribution in [2.45, 2.75) is 18.0 Å². The van der Waals surface area contributed by atoms with Crippen molar-refractivity contribution in [2.24, 2.45) is 5.41 Å². The van der Waals surface area contributed by atoms with Gasteiger partial charge in [0.25, 0.3) is 0 Å². The number of fused-ring (bicyclic) bond motifs is 5. The molecule has 2 aliphatic heterocycles. The monoisotopic (exact) mass is 534 g/mol. The average Bonchev–Trinajstić information content (AvgIpc) is 3.39. The van der Waals surface area contributed by atoms with Crippen LogP contribution in [0.25, 0.3) is 6.08 Å². The predicted octanol–water partition coefficient (Wildman–Crippen LogP) is 6.19. The van der Waals surface area contributed by atoms with E-state index >= 15 is 0 Å². The van der Waals surface area contributed by atoms with E-state index in [1.54, 1.807) is 91.3 Å². The summed E-state index contributed by atoms with van der Waals surface area (Å²) in [5, 5.41) is 0.481. The van der Waals surface area contributed by atoms with Gasteiger partial charge in [0.2, 0.25) is 0 Å². The van der Waals surface area contributed by atoms with E-state index in [0.29, 0.717) is 38.5 Å². The van der Waals surface area contributed by atoms with Crippen LogP contribution >= 0.6 is 11.6 Å². The minimum atomic E-state index is -1.62. The standard InChI is InChI=1S/C32H20ClFN2O3/c33-21-10-7-18(8-11-21)29(37)28-27(20-4-3-15-35-17-20)32(30(38)23-5-1-2-6-24(23)31(32)39)26-14-9-19-16-22(34)12-13-25(19)36(26)28/h1-17,26-28H/t26-,27+,28-/m0/s1. The van der Waals surface area contributed by atoms with E-state index in [1.165, 1.54) is 12.1 Å². The lowest BCUT2D eigenvalue weighted by Crippen LogP contribution is -2.48. The van der Waals surface area contributed by atoms with Crippen LogP contribution in [0.5, 0.6) is 0 Å². The zero-order chi connectivity index (χ0) is 26.9. The van der Waals surface area contributed by atoms with Gasteiger partial charge in [0.15, 0.2) is 17.3 Å². The number of ketones is 3. The molecule has 0 radical (unpaired) electrons. The first-order chi connectivity index (χ1) is 18.9. The highest BCUT2D eigenvalue weighted by Crippen LogP contribution is 2.60. The molecule has 1 saturated heterocycles. The molecule has 1 aromatic heterocycles. The van der Waals surface area contributed by atoms with Crippen LogP contribution in [-0.4, -0.2) is 34.4 Å². The van der Waals surface area contributed by atoms with Crippen molar-refractivity contribution in [3.8, 4) is 0 Å². The smallest absolute Gasteiger partial charge is 0.185 e. The number of rotatable bonds is 3. The van der Waals surface area contributed by atoms with Gasteiger partial charge in [0.1, 0.15) is 17.3 Å². The topological polar surface area (TPSA) is 67.3 Å². The highest BCUT2D eigenvalue weighted by Gasteiger charge is 2.71. The molecule has 5 nitrogen and oxygen atoms in total. The Bertz CT molecular complexity index is 1680. The fraction of sp³-hybridized carbons (Fsp3) is 0.125. The number of anilines is 1. The second-order valence-electron chi connectivity index (χ2n) is 10.1. The number of hydrogen-bond donors (Lipinski definition) is 0. The van der Waals surface area contributed by atoms with Gasteiger partial charge in [-0.25, -0.2) is 4.39 Å². The average molecular weight is 535 g/mol. The number of aromatic nitrogens is 1. The first-order valence-corrected chi connectivity index (χ1v) is 12.9. The Morgan fingerprint density at radius 3 is 2.31 bits per heavy atom. The number of hydrogen-bond acceptors (Lipinski definition) is 5. The molecule has 39 heavy (non-hydrogen) atoms. The predicted molar refractivity (Wildman–Crippen MR) is 146 cm³/mol. The third kappa shape index (κ3) is 3.18. The van der Waals surface area contributed by atoms with Gasteiger partial charge in [-0.05, 0) is 54.1 Å². The van der Waals surface area contributed by atoms with Crippen LogP contribution in [-0.2, 0) is 0 Å². The number of nitrogens with zero attached hydrogens (tertiary/aromatic N) is 2. The fourth-order valence-electron chi connectivity index (χ4n) is 6.67. The highest BCUT2D eigenvalue weighted by molar-refractivity contribution is 6.32. The van der Waals surface area contributed by atoms with Crippen LogP contribution in [0, 0.1) is 11.2 Å². The summed E-state index contributed by atoms with van der Waals surface area (Å²) in [6.07, 6.45) is 6.73. The Labute approximate surface area is 228 Å². The van der Waals surface area contributed by atoms with Gasteiger partial charge in [0, 0.05) is 51.3 Å². The molecule has 7 rings (SSSR count). The molecule has 0 amide bonds. The van der Waals surface area contributed by atoms with Crippen LogP contribution in [0.2, 0.25) is 5.02 Å². The second kappa shape index (κ2) is 8.55. The SMILES string of the molecule is O=C(c1ccc(Cl)cc1)[C@@H]1[C@@H](c2cccnc2)C2(C(=O)c3ccccc3C2=O)[C@@H]2C=Cc3cc(F)ccc3N12. The molecule has 1 aliphatic carbocycles. The Hall–Kier alpha value is -4.42. The van der Waals surface area contributed by atoms with E-state index in [0.717, 1.165) is 0 Å². The Morgan fingerprint density at radius 1 is 0.923 bits per heavy atom. The summed E-state index contributed by atoms with van der Waals surface area (Å²) in [6.45, 7) is 0. The highest BCUT2D eigenvalue weighted by atomic mass is 35.5. The lowest BCUT2D eigenvalue weighted by atomic mass is 9.64. The van der Waals surface area contributed by atoms with Crippen molar-refractivity contribution in [2.75, 3.05) is 4.90 Å². The van der Waals surface area contributed by atoms with Crippen molar-refractivity contribution in [3.05, 3.63) is 136 Å². The first-order valence-electron chi connectivity index (χ1n) is 12.6. The molecule has 0 N–H and O–H groups in total. The molecule has 190 valence electrons. The molecular weight excluding hydrogens is 515 g/mol. The molecule has 3 heterocycles. The third-order valence-corrected chi connectivity index (χ3v) is 8.46. The summed E-state index contributed by atoms with van der Waals surface area (Å²) in [7, 11) is 0. The van der Waals surface area contributed by atoms with E-state index in [4.69, 9.17) is 11.6 Å². The maximum Gasteiger partial charge on any atom is 0.185 e. The van der Waals surface area contributed by atoms with Crippen molar-refractivity contribution in [1.29, 1.82) is 0 Å². The largest absolute Gasteiger partial charge is 0.352 e. The molecule has 3 aliphatic rings. The van der Waals surface area contributed by atoms with Crippen molar-refractivity contribution in [3.63, 3.8) is 0 Å². The number of Topliss-reactive ketones (excluding diaryl/α,β-unsaturated/α-hetero) is 3. The zero-order valence-electron chi connectivity index (χ0n) is 20.4. The number of halogens is 2. The van der Waals surface area contributed by atoms with Gasteiger partial charge in [-0.15, -0.1) is 0 Å². The maximum absolute atomic E-state index is 14.5. The van der Waals surface area contributed by atoms with Crippen LogP contribution < -0.4 is 4.90 Å². The minimum Gasteiger partial charge on any atom is -0.352 e. The van der Waals surface area contributed by atoms with Crippen LogP contribution in [0.3, 0.4) is 0 Å². The van der Waals surface area contributed by atoms with Crippen LogP contribution in [0.1, 0.15) is 48.1 Å². The van der Waals surface area contributed by atoms with Crippen LogP contribution in [0.15, 0.2) is 97.3 Å². The van der Waals surface area contributed by atoms with E-state index in [9.17, 15) is 18.8 Å². The molecule has 0 bridgehead atoms. The molecule has 3 atom stereocenters. The van der Waals surface area contributed by atoms with Crippen molar-refractivity contribution in [1.82, 2.24) is 4.98 Å². The van der Waals surface area contributed by atoms with Gasteiger partial charge in [-0.2, -0.15) is 0 Å². The molecule has 4 aromatic rings. The van der Waals surface area contributed by atoms with E-state index < -0.39 is 29.2 Å².